The van der Waals surface area contributed by atoms with Crippen LogP contribution in [0.1, 0.15) is 49.8 Å². The molecular weight excluding hydrogens is 188 g/mol. The topological polar surface area (TPSA) is 42.7 Å². The summed E-state index contributed by atoms with van der Waals surface area (Å²) in [5.41, 5.74) is 0. The Hall–Kier alpha value is -0.900. The Balaban J connectivity index is 1.91. The molecule has 0 aliphatic carbocycles. The number of nitrogens with one attached hydrogen (secondary N) is 1. The molecule has 2 aliphatic heterocycles. The van der Waals surface area contributed by atoms with Gasteiger partial charge in [-0.2, -0.15) is 0 Å². The van der Waals surface area contributed by atoms with Gasteiger partial charge in [0.25, 0.3) is 0 Å². The van der Waals surface area contributed by atoms with Gasteiger partial charge < -0.3 is 9.88 Å². The fourth-order valence-corrected chi connectivity index (χ4v) is 2.67. The van der Waals surface area contributed by atoms with Crippen LogP contribution in [-0.4, -0.2) is 21.3 Å². The minimum Gasteiger partial charge on any atom is -0.314 e. The molecule has 4 nitrogen and oxygen atoms in total. The lowest BCUT2D eigenvalue weighted by Crippen LogP contribution is -2.18. The smallest absolute Gasteiger partial charge is 0.150 e. The molecule has 1 fully saturated rings. The quantitative estimate of drug-likeness (QED) is 0.756. The Morgan fingerprint density at radius 1 is 1.13 bits per heavy atom. The second-order valence-corrected chi connectivity index (χ2v) is 4.59. The molecule has 2 aliphatic rings. The normalized spacial score (nSPS) is 26.3. The van der Waals surface area contributed by atoms with Gasteiger partial charge in [-0.15, -0.1) is 10.2 Å². The van der Waals surface area contributed by atoms with Crippen LogP contribution in [0.4, 0.5) is 0 Å². The zero-order valence-electron chi connectivity index (χ0n) is 9.08. The molecule has 1 aromatic heterocycles. The Morgan fingerprint density at radius 2 is 2.13 bits per heavy atom. The number of fused-ring (bicyclic) bond motifs is 1. The molecule has 1 atom stereocenters. The zero-order chi connectivity index (χ0) is 10.1. The fraction of sp³-hybridized carbons (Fsp3) is 0.818. The molecule has 0 spiro atoms. The maximum atomic E-state index is 4.37. The van der Waals surface area contributed by atoms with Crippen LogP contribution in [0.5, 0.6) is 0 Å². The first-order valence-electron chi connectivity index (χ1n) is 6.10. The Bertz CT molecular complexity index is 338. The van der Waals surface area contributed by atoms with Crippen LogP contribution in [0.15, 0.2) is 0 Å². The third-order valence-corrected chi connectivity index (χ3v) is 3.51. The van der Waals surface area contributed by atoms with E-state index in [-0.39, 0.29) is 0 Å². The van der Waals surface area contributed by atoms with Crippen LogP contribution in [0.2, 0.25) is 0 Å². The van der Waals surface area contributed by atoms with Gasteiger partial charge in [-0.3, -0.25) is 0 Å². The zero-order valence-corrected chi connectivity index (χ0v) is 9.08. The molecule has 15 heavy (non-hydrogen) atoms. The number of aryl methyl sites for hydroxylation is 1. The first-order valence-corrected chi connectivity index (χ1v) is 6.10. The van der Waals surface area contributed by atoms with E-state index in [1.165, 1.54) is 43.8 Å². The lowest BCUT2D eigenvalue weighted by molar-refractivity contribution is 0.532. The third-order valence-electron chi connectivity index (χ3n) is 3.51. The summed E-state index contributed by atoms with van der Waals surface area (Å²) < 4.78 is 2.36. The second kappa shape index (κ2) is 3.93. The summed E-state index contributed by atoms with van der Waals surface area (Å²) in [7, 11) is 0. The van der Waals surface area contributed by atoms with E-state index < -0.39 is 0 Å². The Labute approximate surface area is 90.1 Å². The minimum atomic E-state index is 0.462. The molecule has 3 rings (SSSR count). The predicted molar refractivity (Wildman–Crippen MR) is 57.6 cm³/mol. The van der Waals surface area contributed by atoms with Gasteiger partial charge in [-0.05, 0) is 32.2 Å². The minimum absolute atomic E-state index is 0.462. The molecule has 0 unspecified atom stereocenters. The highest BCUT2D eigenvalue weighted by molar-refractivity contribution is 5.04. The van der Waals surface area contributed by atoms with Gasteiger partial charge in [0.1, 0.15) is 11.6 Å². The summed E-state index contributed by atoms with van der Waals surface area (Å²) >= 11 is 0. The molecule has 0 aromatic carbocycles. The molecule has 1 N–H and O–H groups in total. The van der Waals surface area contributed by atoms with Crippen molar-refractivity contribution < 1.29 is 0 Å². The van der Waals surface area contributed by atoms with E-state index >= 15 is 0 Å². The molecule has 0 radical (unpaired) electrons. The average molecular weight is 206 g/mol. The van der Waals surface area contributed by atoms with Crippen molar-refractivity contribution in [1.82, 2.24) is 20.1 Å². The lowest BCUT2D eigenvalue weighted by atomic mass is 10.2. The summed E-state index contributed by atoms with van der Waals surface area (Å²) in [4.78, 5) is 0. The summed E-state index contributed by atoms with van der Waals surface area (Å²) in [5, 5.41) is 12.2. The number of aromatic nitrogens is 3. The van der Waals surface area contributed by atoms with Gasteiger partial charge >= 0.3 is 0 Å². The van der Waals surface area contributed by atoms with Crippen LogP contribution < -0.4 is 5.32 Å². The van der Waals surface area contributed by atoms with E-state index in [0.717, 1.165) is 19.5 Å². The number of hydrogen-bond acceptors (Lipinski definition) is 3. The van der Waals surface area contributed by atoms with Crippen LogP contribution in [0, 0.1) is 0 Å². The van der Waals surface area contributed by atoms with Gasteiger partial charge in [-0.25, -0.2) is 0 Å². The molecule has 1 aromatic rings. The summed E-state index contributed by atoms with van der Waals surface area (Å²) in [6.45, 7) is 2.25. The molecule has 0 saturated carbocycles. The van der Waals surface area contributed by atoms with Gasteiger partial charge in [-0.1, -0.05) is 6.42 Å². The first-order chi connectivity index (χ1) is 7.45. The van der Waals surface area contributed by atoms with Crippen LogP contribution >= 0.6 is 0 Å². The van der Waals surface area contributed by atoms with E-state index in [4.69, 9.17) is 0 Å². The molecule has 0 amide bonds. The summed E-state index contributed by atoms with van der Waals surface area (Å²) in [6, 6.07) is 0.462. The average Bonchev–Trinajstić information content (AvgIpc) is 2.83. The monoisotopic (exact) mass is 206 g/mol. The number of rotatable bonds is 1. The fourth-order valence-electron chi connectivity index (χ4n) is 2.67. The van der Waals surface area contributed by atoms with E-state index in [1.54, 1.807) is 0 Å². The summed E-state index contributed by atoms with van der Waals surface area (Å²) in [6.07, 6.45) is 7.49. The van der Waals surface area contributed by atoms with Gasteiger partial charge in [0.2, 0.25) is 0 Å². The molecule has 3 heterocycles. The lowest BCUT2D eigenvalue weighted by Gasteiger charge is -2.12. The highest BCUT2D eigenvalue weighted by atomic mass is 15.3. The van der Waals surface area contributed by atoms with Crippen molar-refractivity contribution in [3.8, 4) is 0 Å². The maximum absolute atomic E-state index is 4.37. The highest BCUT2D eigenvalue weighted by Gasteiger charge is 2.24. The van der Waals surface area contributed by atoms with Gasteiger partial charge in [0.15, 0.2) is 0 Å². The van der Waals surface area contributed by atoms with Crippen LogP contribution in [0.25, 0.3) is 0 Å². The number of nitrogens with zero attached hydrogens (tertiary/aromatic N) is 3. The first kappa shape index (κ1) is 9.33. The van der Waals surface area contributed by atoms with Gasteiger partial charge in [0.05, 0.1) is 6.04 Å². The van der Waals surface area contributed by atoms with Crippen molar-refractivity contribution in [2.75, 3.05) is 6.54 Å². The van der Waals surface area contributed by atoms with Crippen molar-refractivity contribution in [3.05, 3.63) is 11.6 Å². The molecule has 82 valence electrons. The molecule has 1 saturated heterocycles. The van der Waals surface area contributed by atoms with E-state index in [1.807, 2.05) is 0 Å². The standard InChI is InChI=1S/C11H18N4/c1-2-6-10-13-14-11(15(10)8-3-1)9-5-4-7-12-9/h9,12H,1-8H2/t9-/m0/s1. The van der Waals surface area contributed by atoms with Gasteiger partial charge in [0, 0.05) is 13.0 Å². The van der Waals surface area contributed by atoms with E-state index in [9.17, 15) is 0 Å². The molecular formula is C11H18N4. The van der Waals surface area contributed by atoms with Crippen molar-refractivity contribution >= 4 is 0 Å². The second-order valence-electron chi connectivity index (χ2n) is 4.59. The third kappa shape index (κ3) is 1.67. The van der Waals surface area contributed by atoms with Crippen LogP contribution in [-0.2, 0) is 13.0 Å². The molecule has 4 heteroatoms. The molecule has 0 bridgehead atoms. The van der Waals surface area contributed by atoms with Crippen molar-refractivity contribution in [1.29, 1.82) is 0 Å². The predicted octanol–water partition coefficient (Wildman–Crippen LogP) is 1.43. The SMILES string of the molecule is C1CCc2nnc([C@@H]3CCCN3)n2CC1. The van der Waals surface area contributed by atoms with Crippen LogP contribution in [0.3, 0.4) is 0 Å². The highest BCUT2D eigenvalue weighted by Crippen LogP contribution is 2.24. The van der Waals surface area contributed by atoms with Crippen molar-refractivity contribution in [3.63, 3.8) is 0 Å². The Kier molecular flexibility index (Phi) is 2.44. The summed E-state index contributed by atoms with van der Waals surface area (Å²) in [5.74, 6) is 2.39. The van der Waals surface area contributed by atoms with Crippen molar-refractivity contribution in [2.24, 2.45) is 0 Å². The van der Waals surface area contributed by atoms with Crippen molar-refractivity contribution in [2.45, 2.75) is 51.1 Å². The largest absolute Gasteiger partial charge is 0.314 e. The maximum Gasteiger partial charge on any atom is 0.150 e. The Morgan fingerprint density at radius 3 is 3.00 bits per heavy atom. The number of hydrogen-bond donors (Lipinski definition) is 1. The van der Waals surface area contributed by atoms with E-state index in [0.29, 0.717) is 6.04 Å². The van der Waals surface area contributed by atoms with E-state index in [2.05, 4.69) is 20.1 Å².